The first kappa shape index (κ1) is 22.9. The summed E-state index contributed by atoms with van der Waals surface area (Å²) >= 11 is 0. The predicted molar refractivity (Wildman–Crippen MR) is 104 cm³/mol. The van der Waals surface area contributed by atoms with Crippen LogP contribution in [0.2, 0.25) is 0 Å². The summed E-state index contributed by atoms with van der Waals surface area (Å²) in [7, 11) is 1.91. The maximum Gasteiger partial charge on any atom is 0.139 e. The highest BCUT2D eigenvalue weighted by Crippen LogP contribution is 2.38. The van der Waals surface area contributed by atoms with Gasteiger partial charge in [0.1, 0.15) is 5.82 Å². The Morgan fingerprint density at radius 3 is 2.28 bits per heavy atom. The Balaban J connectivity index is 0.00000134. The van der Waals surface area contributed by atoms with Crippen molar-refractivity contribution in [1.29, 1.82) is 5.26 Å². The number of hydrogen-bond donors (Lipinski definition) is 0. The van der Waals surface area contributed by atoms with Crippen LogP contribution in [0.5, 0.6) is 0 Å². The van der Waals surface area contributed by atoms with E-state index in [4.69, 9.17) is 5.26 Å². The van der Waals surface area contributed by atoms with E-state index in [0.717, 1.165) is 17.0 Å². The lowest BCUT2D eigenvalue weighted by Crippen LogP contribution is -2.29. The van der Waals surface area contributed by atoms with Gasteiger partial charge in [-0.05, 0) is 29.0 Å². The third-order valence-electron chi connectivity index (χ3n) is 4.37. The number of rotatable bonds is 4. The van der Waals surface area contributed by atoms with Crippen LogP contribution in [0.4, 0.5) is 4.39 Å². The highest BCUT2D eigenvalue weighted by Gasteiger charge is 2.31. The molecule has 0 fully saturated rings. The molecule has 0 saturated heterocycles. The van der Waals surface area contributed by atoms with E-state index in [1.807, 2.05) is 78.4 Å². The second-order valence-electron chi connectivity index (χ2n) is 6.01. The van der Waals surface area contributed by atoms with Crippen LogP contribution in [0.15, 0.2) is 30.6 Å². The van der Waals surface area contributed by atoms with Crippen LogP contribution < -0.4 is 0 Å². The molecule has 2 rings (SSSR count). The maximum absolute atomic E-state index is 13.2. The van der Waals surface area contributed by atoms with Crippen molar-refractivity contribution in [2.45, 2.75) is 53.9 Å². The monoisotopic (exact) mass is 345 g/mol. The van der Waals surface area contributed by atoms with E-state index in [0.29, 0.717) is 5.56 Å². The van der Waals surface area contributed by atoms with Gasteiger partial charge in [-0.3, -0.25) is 4.39 Å². The van der Waals surface area contributed by atoms with Crippen LogP contribution in [-0.4, -0.2) is 16.2 Å². The Morgan fingerprint density at radius 1 is 1.24 bits per heavy atom. The lowest BCUT2D eigenvalue weighted by atomic mass is 9.72. The highest BCUT2D eigenvalue weighted by molar-refractivity contribution is 5.65. The summed E-state index contributed by atoms with van der Waals surface area (Å²) < 4.78 is 15.1. The molecule has 1 heterocycles. The van der Waals surface area contributed by atoms with Gasteiger partial charge < -0.3 is 4.57 Å². The number of aryl methyl sites for hydroxylation is 1. The number of nitriles is 1. The normalized spacial score (nSPS) is 11.4. The average molecular weight is 346 g/mol. The number of halogens is 1. The van der Waals surface area contributed by atoms with Crippen LogP contribution in [-0.2, 0) is 12.5 Å². The van der Waals surface area contributed by atoms with Crippen LogP contribution in [0.1, 0.15) is 59.6 Å². The number of aromatic nitrogens is 2. The van der Waals surface area contributed by atoms with E-state index >= 15 is 0 Å². The van der Waals surface area contributed by atoms with Gasteiger partial charge in [0.15, 0.2) is 0 Å². The lowest BCUT2D eigenvalue weighted by Gasteiger charge is -2.32. The number of alkyl halides is 1. The summed E-state index contributed by atoms with van der Waals surface area (Å²) in [6, 6.07) is 7.71. The van der Waals surface area contributed by atoms with E-state index in [9.17, 15) is 4.39 Å². The largest absolute Gasteiger partial charge is 0.334 e. The smallest absolute Gasteiger partial charge is 0.139 e. The fourth-order valence-electron chi connectivity index (χ4n) is 2.44. The molecule has 1 aromatic heterocycles. The SMILES string of the molecule is CC.CC.CC(CF)C(C)(C)c1ccc(C#N)cc1-c1nccn1C. The summed E-state index contributed by atoms with van der Waals surface area (Å²) in [5, 5.41) is 9.14. The van der Waals surface area contributed by atoms with Crippen molar-refractivity contribution in [3.05, 3.63) is 41.7 Å². The standard InChI is InChI=1S/C17H20FN3.2C2H6/c1-12(10-18)17(2,3)15-6-5-13(11-19)9-14(15)16-20-7-8-21(16)4;2*1-2/h5-9,12H,10H2,1-4H3;2*1-2H3. The van der Waals surface area contributed by atoms with Crippen molar-refractivity contribution >= 4 is 0 Å². The second-order valence-corrected chi connectivity index (χ2v) is 6.01. The van der Waals surface area contributed by atoms with Gasteiger partial charge in [0.2, 0.25) is 0 Å². The van der Waals surface area contributed by atoms with E-state index < -0.39 is 0 Å². The Kier molecular flexibility index (Phi) is 9.74. The molecule has 0 bridgehead atoms. The molecule has 2 aromatic rings. The van der Waals surface area contributed by atoms with Crippen molar-refractivity contribution in [1.82, 2.24) is 9.55 Å². The second kappa shape index (κ2) is 10.7. The molecule has 25 heavy (non-hydrogen) atoms. The molecule has 0 aliphatic heterocycles. The third kappa shape index (κ3) is 5.16. The quantitative estimate of drug-likeness (QED) is 0.693. The van der Waals surface area contributed by atoms with Crippen LogP contribution in [0.3, 0.4) is 0 Å². The van der Waals surface area contributed by atoms with Crippen molar-refractivity contribution < 1.29 is 4.39 Å². The molecular formula is C21H32FN3. The topological polar surface area (TPSA) is 41.6 Å². The summed E-state index contributed by atoms with van der Waals surface area (Å²) in [6.07, 6.45) is 3.59. The molecule has 0 radical (unpaired) electrons. The third-order valence-corrected chi connectivity index (χ3v) is 4.37. The predicted octanol–water partition coefficient (Wildman–Crippen LogP) is 5.89. The first-order valence-electron chi connectivity index (χ1n) is 9.00. The van der Waals surface area contributed by atoms with E-state index in [1.54, 1.807) is 12.3 Å². The van der Waals surface area contributed by atoms with Crippen LogP contribution >= 0.6 is 0 Å². The summed E-state index contributed by atoms with van der Waals surface area (Å²) in [5.74, 6) is 0.672. The number of imidazole rings is 1. The first-order chi connectivity index (χ1) is 11.9. The Bertz CT molecular complexity index is 681. The highest BCUT2D eigenvalue weighted by atomic mass is 19.1. The molecule has 3 nitrogen and oxygen atoms in total. The minimum atomic E-state index is -0.382. The zero-order valence-corrected chi connectivity index (χ0v) is 16.9. The van der Waals surface area contributed by atoms with Gasteiger partial charge in [-0.15, -0.1) is 0 Å². The summed E-state index contributed by atoms with van der Waals surface area (Å²) in [6.45, 7) is 13.6. The zero-order chi connectivity index (χ0) is 19.6. The minimum absolute atomic E-state index is 0.121. The molecule has 1 aromatic carbocycles. The van der Waals surface area contributed by atoms with Gasteiger partial charge in [-0.1, -0.05) is 54.5 Å². The van der Waals surface area contributed by atoms with Crippen LogP contribution in [0, 0.1) is 17.2 Å². The minimum Gasteiger partial charge on any atom is -0.334 e. The fourth-order valence-corrected chi connectivity index (χ4v) is 2.44. The summed E-state index contributed by atoms with van der Waals surface area (Å²) in [5.41, 5.74) is 2.15. The molecular weight excluding hydrogens is 313 g/mol. The first-order valence-corrected chi connectivity index (χ1v) is 9.00. The molecule has 138 valence electrons. The van der Waals surface area contributed by atoms with Crippen molar-refractivity contribution in [2.75, 3.05) is 6.67 Å². The molecule has 1 atom stereocenters. The number of hydrogen-bond acceptors (Lipinski definition) is 2. The summed E-state index contributed by atoms with van der Waals surface area (Å²) in [4.78, 5) is 4.38. The van der Waals surface area contributed by atoms with E-state index in [2.05, 4.69) is 11.1 Å². The molecule has 0 amide bonds. The average Bonchev–Trinajstić information content (AvgIpc) is 3.09. The van der Waals surface area contributed by atoms with Crippen molar-refractivity contribution in [3.63, 3.8) is 0 Å². The van der Waals surface area contributed by atoms with Gasteiger partial charge in [0.05, 0.1) is 18.3 Å². The maximum atomic E-state index is 13.2. The van der Waals surface area contributed by atoms with E-state index in [1.165, 1.54) is 0 Å². The molecule has 0 aliphatic rings. The van der Waals surface area contributed by atoms with Crippen LogP contribution in [0.25, 0.3) is 11.4 Å². The Morgan fingerprint density at radius 2 is 1.84 bits per heavy atom. The molecule has 1 unspecified atom stereocenters. The van der Waals surface area contributed by atoms with Crippen molar-refractivity contribution in [3.8, 4) is 17.5 Å². The van der Waals surface area contributed by atoms with Crippen molar-refractivity contribution in [2.24, 2.45) is 13.0 Å². The molecule has 4 heteroatoms. The van der Waals surface area contributed by atoms with Gasteiger partial charge in [0, 0.05) is 25.0 Å². The fraction of sp³-hybridized carbons (Fsp3) is 0.524. The molecule has 0 N–H and O–H groups in total. The Hall–Kier alpha value is -2.15. The number of benzene rings is 1. The van der Waals surface area contributed by atoms with Gasteiger partial charge in [-0.25, -0.2) is 4.98 Å². The number of nitrogens with zero attached hydrogens (tertiary/aromatic N) is 3. The molecule has 0 aliphatic carbocycles. The van der Waals surface area contributed by atoms with Gasteiger partial charge in [-0.2, -0.15) is 5.26 Å². The molecule has 0 spiro atoms. The zero-order valence-electron chi connectivity index (χ0n) is 16.9. The molecule has 0 saturated carbocycles. The van der Waals surface area contributed by atoms with Gasteiger partial charge in [0.25, 0.3) is 0 Å². The van der Waals surface area contributed by atoms with Gasteiger partial charge >= 0.3 is 0 Å². The lowest BCUT2D eigenvalue weighted by molar-refractivity contribution is 0.268. The Labute approximate surface area is 152 Å². The van der Waals surface area contributed by atoms with E-state index in [-0.39, 0.29) is 18.0 Å².